The van der Waals surface area contributed by atoms with E-state index < -0.39 is 6.04 Å². The summed E-state index contributed by atoms with van der Waals surface area (Å²) < 4.78 is 6.03. The molecule has 1 rings (SSSR count). The molecule has 0 spiro atoms. The highest BCUT2D eigenvalue weighted by Gasteiger charge is 2.20. The van der Waals surface area contributed by atoms with Crippen LogP contribution < -0.4 is 10.5 Å². The fourth-order valence-electron chi connectivity index (χ4n) is 1.69. The topological polar surface area (TPSA) is 52.3 Å². The Balaban J connectivity index is 2.98. The number of methoxy groups -OCH3 is 1. The molecule has 1 aromatic rings. The molecule has 0 heterocycles. The fourth-order valence-corrected chi connectivity index (χ4v) is 2.05. The number of hydrogen-bond donors (Lipinski definition) is 1. The highest BCUT2D eigenvalue weighted by molar-refractivity contribution is 9.10. The molecule has 1 aromatic carbocycles. The highest BCUT2D eigenvalue weighted by atomic mass is 79.9. The lowest BCUT2D eigenvalue weighted by Gasteiger charge is -2.15. The van der Waals surface area contributed by atoms with Crippen molar-refractivity contribution in [2.45, 2.75) is 26.3 Å². The lowest BCUT2D eigenvalue weighted by atomic mass is 9.96. The molecular formula is C13H18BrNO2. The van der Waals surface area contributed by atoms with Crippen LogP contribution in [0.5, 0.6) is 5.75 Å². The van der Waals surface area contributed by atoms with Gasteiger partial charge in [-0.05, 0) is 30.5 Å². The summed E-state index contributed by atoms with van der Waals surface area (Å²) in [5, 5.41) is 0. The van der Waals surface area contributed by atoms with E-state index in [4.69, 9.17) is 10.5 Å². The van der Waals surface area contributed by atoms with Gasteiger partial charge in [0.15, 0.2) is 5.78 Å². The van der Waals surface area contributed by atoms with Crippen molar-refractivity contribution in [3.05, 3.63) is 28.2 Å². The summed E-state index contributed by atoms with van der Waals surface area (Å²) in [5.41, 5.74) is 6.44. The van der Waals surface area contributed by atoms with Crippen LogP contribution in [0.3, 0.4) is 0 Å². The number of carbonyl (C=O) groups excluding carboxylic acids is 1. The maximum atomic E-state index is 12.2. The molecule has 17 heavy (non-hydrogen) atoms. The lowest BCUT2D eigenvalue weighted by molar-refractivity contribution is 0.0948. The van der Waals surface area contributed by atoms with Crippen LogP contribution in [0.4, 0.5) is 0 Å². The van der Waals surface area contributed by atoms with Gasteiger partial charge in [-0.25, -0.2) is 0 Å². The zero-order valence-electron chi connectivity index (χ0n) is 10.4. The predicted octanol–water partition coefficient (Wildman–Crippen LogP) is 3.01. The van der Waals surface area contributed by atoms with Gasteiger partial charge in [0.1, 0.15) is 5.75 Å². The van der Waals surface area contributed by atoms with Crippen molar-refractivity contribution in [2.75, 3.05) is 7.11 Å². The number of rotatable bonds is 5. The first-order valence-electron chi connectivity index (χ1n) is 5.59. The zero-order valence-corrected chi connectivity index (χ0v) is 12.0. The third kappa shape index (κ3) is 3.82. The van der Waals surface area contributed by atoms with E-state index in [9.17, 15) is 4.79 Å². The summed E-state index contributed by atoms with van der Waals surface area (Å²) in [7, 11) is 1.55. The van der Waals surface area contributed by atoms with Crippen LogP contribution in [0.2, 0.25) is 0 Å². The van der Waals surface area contributed by atoms with Gasteiger partial charge in [0, 0.05) is 4.47 Å². The Bertz CT molecular complexity index is 404. The van der Waals surface area contributed by atoms with Gasteiger partial charge in [-0.15, -0.1) is 0 Å². The molecule has 0 aliphatic rings. The van der Waals surface area contributed by atoms with Gasteiger partial charge >= 0.3 is 0 Å². The average Bonchev–Trinajstić information content (AvgIpc) is 2.27. The second kappa shape index (κ2) is 6.17. The molecule has 0 aliphatic carbocycles. The third-order valence-electron chi connectivity index (χ3n) is 2.49. The molecule has 4 heteroatoms. The van der Waals surface area contributed by atoms with Gasteiger partial charge < -0.3 is 10.5 Å². The van der Waals surface area contributed by atoms with E-state index in [1.807, 2.05) is 19.9 Å². The Labute approximate surface area is 110 Å². The zero-order chi connectivity index (χ0) is 13.0. The second-order valence-corrected chi connectivity index (χ2v) is 5.36. The van der Waals surface area contributed by atoms with E-state index in [1.165, 1.54) is 0 Å². The standard InChI is InChI=1S/C13H18BrNO2/c1-8(2)6-11(15)13(16)10-7-9(14)4-5-12(10)17-3/h4-5,7-8,11H,6,15H2,1-3H3. The summed E-state index contributed by atoms with van der Waals surface area (Å²) in [5.74, 6) is 0.890. The Morgan fingerprint density at radius 2 is 2.12 bits per heavy atom. The molecule has 94 valence electrons. The van der Waals surface area contributed by atoms with E-state index in [0.717, 1.165) is 4.47 Å². The monoisotopic (exact) mass is 299 g/mol. The number of hydrogen-bond acceptors (Lipinski definition) is 3. The number of ketones is 1. The molecule has 0 bridgehead atoms. The number of halogens is 1. The molecule has 0 amide bonds. The van der Waals surface area contributed by atoms with Crippen molar-refractivity contribution in [3.8, 4) is 5.75 Å². The number of benzene rings is 1. The first-order valence-corrected chi connectivity index (χ1v) is 6.38. The maximum Gasteiger partial charge on any atom is 0.183 e. The minimum atomic E-state index is -0.474. The molecule has 0 aliphatic heterocycles. The maximum absolute atomic E-state index is 12.2. The van der Waals surface area contributed by atoms with Crippen molar-refractivity contribution in [3.63, 3.8) is 0 Å². The molecule has 0 aromatic heterocycles. The summed E-state index contributed by atoms with van der Waals surface area (Å²) in [6.45, 7) is 4.09. The first kappa shape index (κ1) is 14.2. The normalized spacial score (nSPS) is 12.6. The molecular weight excluding hydrogens is 282 g/mol. The van der Waals surface area contributed by atoms with Crippen LogP contribution in [0.15, 0.2) is 22.7 Å². The van der Waals surface area contributed by atoms with Crippen LogP contribution >= 0.6 is 15.9 Å². The largest absolute Gasteiger partial charge is 0.496 e. The second-order valence-electron chi connectivity index (χ2n) is 4.44. The predicted molar refractivity (Wildman–Crippen MR) is 72.5 cm³/mol. The van der Waals surface area contributed by atoms with Crippen molar-refractivity contribution in [1.82, 2.24) is 0 Å². The third-order valence-corrected chi connectivity index (χ3v) is 2.98. The van der Waals surface area contributed by atoms with Gasteiger partial charge in [-0.1, -0.05) is 29.8 Å². The molecule has 0 radical (unpaired) electrons. The van der Waals surface area contributed by atoms with Crippen molar-refractivity contribution in [1.29, 1.82) is 0 Å². The van der Waals surface area contributed by atoms with Crippen LogP contribution in [0.25, 0.3) is 0 Å². The van der Waals surface area contributed by atoms with E-state index in [-0.39, 0.29) is 5.78 Å². The van der Waals surface area contributed by atoms with E-state index >= 15 is 0 Å². The Morgan fingerprint density at radius 3 is 2.65 bits per heavy atom. The quantitative estimate of drug-likeness (QED) is 0.850. The SMILES string of the molecule is COc1ccc(Br)cc1C(=O)C(N)CC(C)C. The molecule has 3 nitrogen and oxygen atoms in total. The molecule has 1 atom stereocenters. The van der Waals surface area contributed by atoms with Crippen LogP contribution in [-0.2, 0) is 0 Å². The first-order chi connectivity index (χ1) is 7.95. The highest BCUT2D eigenvalue weighted by Crippen LogP contribution is 2.24. The Morgan fingerprint density at radius 1 is 1.47 bits per heavy atom. The van der Waals surface area contributed by atoms with Crippen molar-refractivity contribution < 1.29 is 9.53 Å². The lowest BCUT2D eigenvalue weighted by Crippen LogP contribution is -2.32. The van der Waals surface area contributed by atoms with Gasteiger partial charge in [0.2, 0.25) is 0 Å². The minimum Gasteiger partial charge on any atom is -0.496 e. The molecule has 0 saturated carbocycles. The molecule has 1 unspecified atom stereocenters. The van der Waals surface area contributed by atoms with Crippen LogP contribution in [0, 0.1) is 5.92 Å². The number of carbonyl (C=O) groups is 1. The molecule has 0 saturated heterocycles. The molecule has 2 N–H and O–H groups in total. The van der Waals surface area contributed by atoms with Gasteiger partial charge in [-0.2, -0.15) is 0 Å². The van der Waals surface area contributed by atoms with Crippen LogP contribution in [0.1, 0.15) is 30.6 Å². The van der Waals surface area contributed by atoms with Gasteiger partial charge in [0.25, 0.3) is 0 Å². The van der Waals surface area contributed by atoms with E-state index in [1.54, 1.807) is 19.2 Å². The Kier molecular flexibility index (Phi) is 5.15. The molecule has 0 fully saturated rings. The Hall–Kier alpha value is -0.870. The summed E-state index contributed by atoms with van der Waals surface area (Å²) >= 11 is 3.35. The fraction of sp³-hybridized carbons (Fsp3) is 0.462. The van der Waals surface area contributed by atoms with E-state index in [2.05, 4.69) is 15.9 Å². The average molecular weight is 300 g/mol. The smallest absolute Gasteiger partial charge is 0.183 e. The number of ether oxygens (including phenoxy) is 1. The van der Waals surface area contributed by atoms with Crippen LogP contribution in [-0.4, -0.2) is 18.9 Å². The number of nitrogens with two attached hydrogens (primary N) is 1. The minimum absolute atomic E-state index is 0.0724. The van der Waals surface area contributed by atoms with Gasteiger partial charge in [-0.3, -0.25) is 4.79 Å². The number of Topliss-reactive ketones (excluding diaryl/α,β-unsaturated/α-hetero) is 1. The van der Waals surface area contributed by atoms with E-state index in [0.29, 0.717) is 23.7 Å². The summed E-state index contributed by atoms with van der Waals surface area (Å²) in [6.07, 6.45) is 0.675. The van der Waals surface area contributed by atoms with Crippen molar-refractivity contribution in [2.24, 2.45) is 11.7 Å². The summed E-state index contributed by atoms with van der Waals surface area (Å²) in [6, 6.07) is 4.88. The summed E-state index contributed by atoms with van der Waals surface area (Å²) in [4.78, 5) is 12.2. The van der Waals surface area contributed by atoms with Gasteiger partial charge in [0.05, 0.1) is 18.7 Å². The van der Waals surface area contributed by atoms with Crippen molar-refractivity contribution >= 4 is 21.7 Å².